The number of carbonyl (C=O) groups excluding carboxylic acids is 2. The maximum Gasteiger partial charge on any atom is 0.340 e. The predicted octanol–water partition coefficient (Wildman–Crippen LogP) is 2.24. The van der Waals surface area contributed by atoms with Crippen molar-refractivity contribution in [1.29, 1.82) is 0 Å². The Kier molecular flexibility index (Phi) is 7.46. The summed E-state index contributed by atoms with van der Waals surface area (Å²) in [5, 5.41) is 11.2. The van der Waals surface area contributed by atoms with E-state index in [0.29, 0.717) is 28.8 Å². The van der Waals surface area contributed by atoms with E-state index < -0.39 is 5.97 Å². The fraction of sp³-hybridized carbons (Fsp3) is 0.412. The fourth-order valence-electron chi connectivity index (χ4n) is 2.16. The number of amides is 1. The van der Waals surface area contributed by atoms with Gasteiger partial charge in [0.1, 0.15) is 0 Å². The van der Waals surface area contributed by atoms with Gasteiger partial charge in [0.05, 0.1) is 23.6 Å². The molecule has 0 aliphatic heterocycles. The van der Waals surface area contributed by atoms with E-state index in [1.807, 2.05) is 13.8 Å². The predicted molar refractivity (Wildman–Crippen MR) is 101 cm³/mol. The Balaban J connectivity index is 1.97. The zero-order valence-corrected chi connectivity index (χ0v) is 15.7. The minimum Gasteiger partial charge on any atom is -0.462 e. The van der Waals surface area contributed by atoms with Crippen molar-refractivity contribution in [3.05, 3.63) is 35.7 Å². The van der Waals surface area contributed by atoms with Crippen LogP contribution in [0.25, 0.3) is 0 Å². The van der Waals surface area contributed by atoms with Gasteiger partial charge >= 0.3 is 5.97 Å². The molecule has 2 rings (SSSR count). The van der Waals surface area contributed by atoms with Crippen LogP contribution in [0.3, 0.4) is 0 Å². The molecule has 3 N–H and O–H groups in total. The van der Waals surface area contributed by atoms with Gasteiger partial charge in [-0.2, -0.15) is 0 Å². The number of nitrogens with one attached hydrogen (secondary N) is 1. The van der Waals surface area contributed by atoms with Crippen molar-refractivity contribution in [2.45, 2.75) is 38.3 Å². The van der Waals surface area contributed by atoms with E-state index in [1.165, 1.54) is 16.4 Å². The molecule has 0 unspecified atom stereocenters. The number of nitrogens with two attached hydrogens (primary N) is 1. The van der Waals surface area contributed by atoms with E-state index in [9.17, 15) is 9.59 Å². The monoisotopic (exact) mass is 377 g/mol. The van der Waals surface area contributed by atoms with E-state index in [0.717, 1.165) is 19.3 Å². The molecule has 0 bridgehead atoms. The van der Waals surface area contributed by atoms with Crippen LogP contribution in [0.4, 0.5) is 5.69 Å². The molecule has 1 amide bonds. The molecule has 0 radical (unpaired) electrons. The van der Waals surface area contributed by atoms with Gasteiger partial charge in [-0.25, -0.2) is 9.47 Å². The number of nitrogen functional groups attached to an aromatic ring is 1. The van der Waals surface area contributed by atoms with Crippen molar-refractivity contribution in [2.75, 3.05) is 23.5 Å². The minimum absolute atomic E-state index is 0.0970. The number of esters is 1. The molecule has 1 aromatic heterocycles. The molecule has 0 saturated heterocycles. The molecule has 0 aliphatic rings. The Morgan fingerprint density at radius 3 is 2.73 bits per heavy atom. The smallest absolute Gasteiger partial charge is 0.340 e. The molecule has 0 fully saturated rings. The third-order valence-corrected chi connectivity index (χ3v) is 4.34. The third-order valence-electron chi connectivity index (χ3n) is 3.40. The Labute approximate surface area is 156 Å². The number of rotatable bonds is 9. The highest BCUT2D eigenvalue weighted by molar-refractivity contribution is 7.99. The molecule has 8 nitrogen and oxygen atoms in total. The summed E-state index contributed by atoms with van der Waals surface area (Å²) in [5.41, 5.74) is 0.742. The topological polar surface area (TPSA) is 112 Å². The third kappa shape index (κ3) is 5.22. The zero-order chi connectivity index (χ0) is 18.9. The summed E-state index contributed by atoms with van der Waals surface area (Å²) in [6, 6.07) is 6.75. The number of nitrogens with zero attached hydrogens (tertiary/aromatic N) is 3. The second kappa shape index (κ2) is 9.81. The summed E-state index contributed by atoms with van der Waals surface area (Å²) in [5.74, 6) is 5.96. The number of benzene rings is 1. The molecule has 0 atom stereocenters. The summed E-state index contributed by atoms with van der Waals surface area (Å²) in [4.78, 5) is 24.3. The van der Waals surface area contributed by atoms with Crippen LogP contribution >= 0.6 is 11.8 Å². The number of ether oxygens (including phenoxy) is 1. The van der Waals surface area contributed by atoms with Gasteiger partial charge in [0.15, 0.2) is 5.82 Å². The molecule has 0 aliphatic carbocycles. The van der Waals surface area contributed by atoms with Crippen LogP contribution in [0.2, 0.25) is 0 Å². The lowest BCUT2D eigenvalue weighted by Gasteiger charge is -2.10. The molecule has 2 aromatic rings. The molecule has 26 heavy (non-hydrogen) atoms. The summed E-state index contributed by atoms with van der Waals surface area (Å²) < 4.78 is 6.54. The van der Waals surface area contributed by atoms with Gasteiger partial charge in [-0.15, -0.1) is 10.2 Å². The van der Waals surface area contributed by atoms with Gasteiger partial charge in [0.2, 0.25) is 11.1 Å². The Morgan fingerprint density at radius 1 is 1.23 bits per heavy atom. The molecule has 9 heteroatoms. The highest BCUT2D eigenvalue weighted by Crippen LogP contribution is 2.19. The maximum atomic E-state index is 12.2. The maximum absolute atomic E-state index is 12.2. The summed E-state index contributed by atoms with van der Waals surface area (Å²) in [7, 11) is 0. The number of thioether (sulfide) groups is 1. The van der Waals surface area contributed by atoms with E-state index >= 15 is 0 Å². The summed E-state index contributed by atoms with van der Waals surface area (Å²) >= 11 is 1.19. The van der Waals surface area contributed by atoms with Crippen molar-refractivity contribution in [3.8, 4) is 0 Å². The summed E-state index contributed by atoms with van der Waals surface area (Å²) in [6.07, 6.45) is 2.37. The number of aryl methyl sites for hydroxylation is 1. The van der Waals surface area contributed by atoms with Crippen molar-refractivity contribution >= 4 is 29.3 Å². The van der Waals surface area contributed by atoms with Gasteiger partial charge in [0.25, 0.3) is 0 Å². The van der Waals surface area contributed by atoms with Crippen molar-refractivity contribution in [3.63, 3.8) is 0 Å². The SMILES string of the molecule is CCCOC(=O)c1ccccc1NC(=O)CSc1nnc(CCC)n1N. The van der Waals surface area contributed by atoms with Gasteiger partial charge < -0.3 is 15.9 Å². The average molecular weight is 377 g/mol. The zero-order valence-electron chi connectivity index (χ0n) is 14.9. The summed E-state index contributed by atoms with van der Waals surface area (Å²) in [6.45, 7) is 4.28. The number of carbonyl (C=O) groups is 2. The molecule has 0 spiro atoms. The molecular formula is C17H23N5O3S. The first-order valence-corrected chi connectivity index (χ1v) is 9.43. The second-order valence-electron chi connectivity index (χ2n) is 5.54. The lowest BCUT2D eigenvalue weighted by Crippen LogP contribution is -2.19. The van der Waals surface area contributed by atoms with E-state index in [-0.39, 0.29) is 11.7 Å². The number of aromatic nitrogens is 3. The Hall–Kier alpha value is -2.55. The lowest BCUT2D eigenvalue weighted by molar-refractivity contribution is -0.113. The molecule has 140 valence electrons. The highest BCUT2D eigenvalue weighted by Gasteiger charge is 2.16. The van der Waals surface area contributed by atoms with Gasteiger partial charge in [-0.3, -0.25) is 4.79 Å². The first kappa shape index (κ1) is 19.8. The Morgan fingerprint density at radius 2 is 2.00 bits per heavy atom. The second-order valence-corrected chi connectivity index (χ2v) is 6.48. The van der Waals surface area contributed by atoms with Crippen molar-refractivity contribution < 1.29 is 14.3 Å². The van der Waals surface area contributed by atoms with E-state index in [2.05, 4.69) is 15.5 Å². The number of hydrogen-bond acceptors (Lipinski definition) is 7. The largest absolute Gasteiger partial charge is 0.462 e. The highest BCUT2D eigenvalue weighted by atomic mass is 32.2. The van der Waals surface area contributed by atoms with Gasteiger partial charge in [-0.1, -0.05) is 37.7 Å². The van der Waals surface area contributed by atoms with Crippen LogP contribution in [-0.4, -0.2) is 39.1 Å². The fourth-order valence-corrected chi connectivity index (χ4v) is 2.83. The molecule has 1 heterocycles. The minimum atomic E-state index is -0.457. The van der Waals surface area contributed by atoms with Gasteiger partial charge in [-0.05, 0) is 25.0 Å². The number of anilines is 1. The van der Waals surface area contributed by atoms with E-state index in [4.69, 9.17) is 10.6 Å². The standard InChI is InChI=1S/C17H23N5O3S/c1-3-7-14-20-21-17(22(14)18)26-11-15(23)19-13-9-6-5-8-12(13)16(24)25-10-4-2/h5-6,8-9H,3-4,7,10-11,18H2,1-2H3,(H,19,23). The van der Waals surface area contributed by atoms with Crippen LogP contribution in [-0.2, 0) is 16.0 Å². The average Bonchev–Trinajstić information content (AvgIpc) is 2.98. The first-order valence-electron chi connectivity index (χ1n) is 8.45. The van der Waals surface area contributed by atoms with Crippen molar-refractivity contribution in [2.24, 2.45) is 0 Å². The Bertz CT molecular complexity index is 763. The van der Waals surface area contributed by atoms with Crippen LogP contribution in [0.5, 0.6) is 0 Å². The number of para-hydroxylation sites is 1. The van der Waals surface area contributed by atoms with Crippen molar-refractivity contribution in [1.82, 2.24) is 14.9 Å². The first-order chi connectivity index (χ1) is 12.6. The quantitative estimate of drug-likeness (QED) is 0.391. The van der Waals surface area contributed by atoms with Crippen LogP contribution in [0, 0.1) is 0 Å². The number of hydrogen-bond donors (Lipinski definition) is 2. The van der Waals surface area contributed by atoms with Crippen LogP contribution in [0.15, 0.2) is 29.4 Å². The van der Waals surface area contributed by atoms with Crippen LogP contribution < -0.4 is 11.2 Å². The van der Waals surface area contributed by atoms with Gasteiger partial charge in [0, 0.05) is 6.42 Å². The van der Waals surface area contributed by atoms with E-state index in [1.54, 1.807) is 24.3 Å². The lowest BCUT2D eigenvalue weighted by atomic mass is 10.2. The molecule has 0 saturated carbocycles. The van der Waals surface area contributed by atoms with Crippen LogP contribution in [0.1, 0.15) is 42.9 Å². The molecule has 1 aromatic carbocycles. The normalized spacial score (nSPS) is 10.5. The molecular weight excluding hydrogens is 354 g/mol.